The Morgan fingerprint density at radius 2 is 2.13 bits per heavy atom. The van der Waals surface area contributed by atoms with E-state index in [0.29, 0.717) is 10.6 Å². The van der Waals surface area contributed by atoms with Crippen LogP contribution < -0.4 is 15.4 Å². The number of hydrogen-bond donors (Lipinski definition) is 2. The second-order valence-corrected chi connectivity index (χ2v) is 6.44. The highest BCUT2D eigenvalue weighted by Gasteiger charge is 2.21. The molecule has 3 rings (SSSR count). The van der Waals surface area contributed by atoms with E-state index in [9.17, 15) is 4.79 Å². The molecule has 1 aromatic heterocycles. The summed E-state index contributed by atoms with van der Waals surface area (Å²) in [5.74, 6) is 0.600. The molecule has 4 nitrogen and oxygen atoms in total. The number of rotatable bonds is 4. The minimum atomic E-state index is -0.0438. The maximum atomic E-state index is 12.5. The Labute approximate surface area is 146 Å². The molecule has 1 amide bonds. The first-order chi connectivity index (χ1) is 10.8. The van der Waals surface area contributed by atoms with Gasteiger partial charge in [0.2, 0.25) is 0 Å². The van der Waals surface area contributed by atoms with E-state index < -0.39 is 0 Å². The summed E-state index contributed by atoms with van der Waals surface area (Å²) >= 11 is 1.48. The molecule has 1 aliphatic rings. The Morgan fingerprint density at radius 3 is 2.78 bits per heavy atom. The van der Waals surface area contributed by atoms with Crippen molar-refractivity contribution in [2.75, 3.05) is 20.2 Å². The fourth-order valence-electron chi connectivity index (χ4n) is 2.65. The molecule has 0 radical (unpaired) electrons. The second-order valence-electron chi connectivity index (χ2n) is 5.39. The van der Waals surface area contributed by atoms with Crippen LogP contribution in [-0.4, -0.2) is 32.1 Å². The number of carbonyl (C=O) groups excluding carboxylic acids is 1. The Morgan fingerprint density at radius 1 is 1.35 bits per heavy atom. The van der Waals surface area contributed by atoms with E-state index in [1.54, 1.807) is 7.11 Å². The number of nitrogens with one attached hydrogen (secondary N) is 2. The van der Waals surface area contributed by atoms with Crippen molar-refractivity contribution in [2.24, 2.45) is 0 Å². The molecule has 1 unspecified atom stereocenters. The molecule has 1 aromatic carbocycles. The van der Waals surface area contributed by atoms with E-state index in [-0.39, 0.29) is 24.4 Å². The van der Waals surface area contributed by atoms with Crippen LogP contribution in [-0.2, 0) is 0 Å². The van der Waals surface area contributed by atoms with Crippen molar-refractivity contribution >= 4 is 29.7 Å². The molecular formula is C17H21ClN2O2S. The van der Waals surface area contributed by atoms with Crippen molar-refractivity contribution in [3.63, 3.8) is 0 Å². The summed E-state index contributed by atoms with van der Waals surface area (Å²) in [4.78, 5) is 14.2. The Balaban J connectivity index is 0.00000192. The number of ether oxygens (including phenoxy) is 1. The predicted octanol–water partition coefficient (Wildman–Crippen LogP) is 3.33. The van der Waals surface area contributed by atoms with Crippen LogP contribution in [0.1, 0.15) is 22.5 Å². The maximum absolute atomic E-state index is 12.5. The van der Waals surface area contributed by atoms with Gasteiger partial charge in [-0.1, -0.05) is 30.3 Å². The summed E-state index contributed by atoms with van der Waals surface area (Å²) in [6.07, 6.45) is 2.12. The monoisotopic (exact) mass is 352 g/mol. The maximum Gasteiger partial charge on any atom is 0.265 e. The molecule has 0 aliphatic carbocycles. The van der Waals surface area contributed by atoms with Crippen molar-refractivity contribution in [3.05, 3.63) is 41.3 Å². The highest BCUT2D eigenvalue weighted by atomic mass is 35.5. The van der Waals surface area contributed by atoms with Gasteiger partial charge in [0.15, 0.2) is 0 Å². The SMILES string of the molecule is COc1cc(-c2ccccc2)sc1C(=O)NC1CCCNC1.Cl. The zero-order valence-electron chi connectivity index (χ0n) is 13.0. The van der Waals surface area contributed by atoms with Gasteiger partial charge in [0.25, 0.3) is 5.91 Å². The molecule has 1 saturated heterocycles. The zero-order chi connectivity index (χ0) is 15.4. The molecule has 1 atom stereocenters. The standard InChI is InChI=1S/C17H20N2O2S.ClH/c1-21-14-10-15(12-6-3-2-4-7-12)22-16(14)17(20)19-13-8-5-9-18-11-13;/h2-4,6-7,10,13,18H,5,8-9,11H2,1H3,(H,19,20);1H. The second kappa shape index (κ2) is 8.34. The number of thiophene rings is 1. The molecule has 0 spiro atoms. The molecule has 2 aromatic rings. The fraction of sp³-hybridized carbons (Fsp3) is 0.353. The van der Waals surface area contributed by atoms with E-state index in [1.165, 1.54) is 11.3 Å². The first-order valence-corrected chi connectivity index (χ1v) is 8.34. The number of halogens is 1. The fourth-order valence-corrected chi connectivity index (χ4v) is 3.69. The van der Waals surface area contributed by atoms with Gasteiger partial charge in [0.1, 0.15) is 10.6 Å². The van der Waals surface area contributed by atoms with Gasteiger partial charge in [-0.05, 0) is 31.0 Å². The lowest BCUT2D eigenvalue weighted by Gasteiger charge is -2.23. The summed E-state index contributed by atoms with van der Waals surface area (Å²) in [5, 5.41) is 6.41. The summed E-state index contributed by atoms with van der Waals surface area (Å²) in [7, 11) is 1.61. The van der Waals surface area contributed by atoms with Crippen molar-refractivity contribution < 1.29 is 9.53 Å². The smallest absolute Gasteiger partial charge is 0.265 e. The average molecular weight is 353 g/mol. The molecule has 1 fully saturated rings. The summed E-state index contributed by atoms with van der Waals surface area (Å²) < 4.78 is 5.39. The van der Waals surface area contributed by atoms with Gasteiger partial charge in [-0.15, -0.1) is 23.7 Å². The minimum absolute atomic E-state index is 0. The number of hydrogen-bond acceptors (Lipinski definition) is 4. The quantitative estimate of drug-likeness (QED) is 0.887. The third-order valence-corrected chi connectivity index (χ3v) is 4.98. The van der Waals surface area contributed by atoms with Gasteiger partial charge in [-0.2, -0.15) is 0 Å². The lowest BCUT2D eigenvalue weighted by atomic mass is 10.1. The molecular weight excluding hydrogens is 332 g/mol. The van der Waals surface area contributed by atoms with E-state index in [0.717, 1.165) is 36.4 Å². The lowest BCUT2D eigenvalue weighted by Crippen LogP contribution is -2.45. The molecule has 23 heavy (non-hydrogen) atoms. The predicted molar refractivity (Wildman–Crippen MR) is 96.9 cm³/mol. The van der Waals surface area contributed by atoms with Crippen LogP contribution in [0.3, 0.4) is 0 Å². The summed E-state index contributed by atoms with van der Waals surface area (Å²) in [6, 6.07) is 12.2. The molecule has 0 bridgehead atoms. The average Bonchev–Trinajstić information content (AvgIpc) is 3.01. The van der Waals surface area contributed by atoms with Crippen molar-refractivity contribution in [2.45, 2.75) is 18.9 Å². The van der Waals surface area contributed by atoms with Crippen molar-refractivity contribution in [1.29, 1.82) is 0 Å². The van der Waals surface area contributed by atoms with Crippen LogP contribution in [0.4, 0.5) is 0 Å². The van der Waals surface area contributed by atoms with Gasteiger partial charge in [0.05, 0.1) is 7.11 Å². The topological polar surface area (TPSA) is 50.4 Å². The minimum Gasteiger partial charge on any atom is -0.495 e. The highest BCUT2D eigenvalue weighted by Crippen LogP contribution is 2.36. The van der Waals surface area contributed by atoms with Gasteiger partial charge >= 0.3 is 0 Å². The molecule has 1 aliphatic heterocycles. The molecule has 6 heteroatoms. The van der Waals surface area contributed by atoms with Gasteiger partial charge in [-0.3, -0.25) is 4.79 Å². The number of piperidine rings is 1. The Hall–Kier alpha value is -1.56. The third-order valence-electron chi connectivity index (χ3n) is 3.81. The number of carbonyl (C=O) groups is 1. The van der Waals surface area contributed by atoms with Crippen LogP contribution in [0.2, 0.25) is 0 Å². The largest absolute Gasteiger partial charge is 0.495 e. The van der Waals surface area contributed by atoms with Crippen LogP contribution in [0.15, 0.2) is 36.4 Å². The van der Waals surface area contributed by atoms with E-state index >= 15 is 0 Å². The van der Waals surface area contributed by atoms with E-state index in [2.05, 4.69) is 10.6 Å². The van der Waals surface area contributed by atoms with Crippen LogP contribution in [0.5, 0.6) is 5.75 Å². The van der Waals surface area contributed by atoms with Gasteiger partial charge < -0.3 is 15.4 Å². The third kappa shape index (κ3) is 4.25. The van der Waals surface area contributed by atoms with Crippen LogP contribution in [0.25, 0.3) is 10.4 Å². The molecule has 0 saturated carbocycles. The Bertz CT molecular complexity index is 639. The lowest BCUT2D eigenvalue weighted by molar-refractivity contribution is 0.0932. The van der Waals surface area contributed by atoms with Gasteiger partial charge in [-0.25, -0.2) is 0 Å². The van der Waals surface area contributed by atoms with Crippen molar-refractivity contribution in [1.82, 2.24) is 10.6 Å². The van der Waals surface area contributed by atoms with Crippen molar-refractivity contribution in [3.8, 4) is 16.2 Å². The summed E-state index contributed by atoms with van der Waals surface area (Å²) in [5.41, 5.74) is 1.10. The molecule has 2 heterocycles. The normalized spacial score (nSPS) is 17.2. The van der Waals surface area contributed by atoms with Gasteiger partial charge in [0, 0.05) is 17.5 Å². The highest BCUT2D eigenvalue weighted by molar-refractivity contribution is 7.17. The first kappa shape index (κ1) is 17.8. The Kier molecular flexibility index (Phi) is 6.45. The van der Waals surface area contributed by atoms with Crippen LogP contribution in [0, 0.1) is 0 Å². The number of amides is 1. The van der Waals surface area contributed by atoms with E-state index in [4.69, 9.17) is 4.74 Å². The molecule has 124 valence electrons. The van der Waals surface area contributed by atoms with Crippen LogP contribution >= 0.6 is 23.7 Å². The summed E-state index contributed by atoms with van der Waals surface area (Å²) in [6.45, 7) is 1.87. The van der Waals surface area contributed by atoms with E-state index in [1.807, 2.05) is 36.4 Å². The first-order valence-electron chi connectivity index (χ1n) is 7.53. The molecule has 2 N–H and O–H groups in total. The number of methoxy groups -OCH3 is 1. The zero-order valence-corrected chi connectivity index (χ0v) is 14.6. The number of benzene rings is 1.